The van der Waals surface area contributed by atoms with Gasteiger partial charge < -0.3 is 19.7 Å². The molecule has 0 aliphatic carbocycles. The standard InChI is InChI=1S/C9H15N3O3/c1-8(6-12-3-2-10-7-12)11-9(14)15-5-4-13/h2-3,7-8,13H,4-6H2,1H3,(H,11,14). The Morgan fingerprint density at radius 2 is 2.53 bits per heavy atom. The summed E-state index contributed by atoms with van der Waals surface area (Å²) in [5.41, 5.74) is 0. The molecule has 1 atom stereocenters. The van der Waals surface area contributed by atoms with Gasteiger partial charge in [-0.05, 0) is 6.92 Å². The van der Waals surface area contributed by atoms with E-state index >= 15 is 0 Å². The molecule has 0 spiro atoms. The van der Waals surface area contributed by atoms with Crippen LogP contribution in [0.4, 0.5) is 4.79 Å². The van der Waals surface area contributed by atoms with Crippen molar-refractivity contribution in [2.24, 2.45) is 0 Å². The van der Waals surface area contributed by atoms with Crippen molar-refractivity contribution in [2.75, 3.05) is 13.2 Å². The van der Waals surface area contributed by atoms with Crippen LogP contribution >= 0.6 is 0 Å². The van der Waals surface area contributed by atoms with E-state index in [1.54, 1.807) is 12.5 Å². The van der Waals surface area contributed by atoms with Gasteiger partial charge in [0.15, 0.2) is 0 Å². The van der Waals surface area contributed by atoms with Crippen LogP contribution in [-0.4, -0.2) is 40.0 Å². The van der Waals surface area contributed by atoms with Crippen molar-refractivity contribution < 1.29 is 14.6 Å². The Hall–Kier alpha value is -1.56. The van der Waals surface area contributed by atoms with Crippen molar-refractivity contribution in [3.63, 3.8) is 0 Å². The first-order valence-corrected chi connectivity index (χ1v) is 4.72. The highest BCUT2D eigenvalue weighted by Gasteiger charge is 2.07. The van der Waals surface area contributed by atoms with Gasteiger partial charge in [-0.2, -0.15) is 0 Å². The van der Waals surface area contributed by atoms with Crippen molar-refractivity contribution in [1.29, 1.82) is 0 Å². The fraction of sp³-hybridized carbons (Fsp3) is 0.556. The highest BCUT2D eigenvalue weighted by molar-refractivity contribution is 5.67. The molecular formula is C9H15N3O3. The summed E-state index contributed by atoms with van der Waals surface area (Å²) in [5.74, 6) is 0. The second kappa shape index (κ2) is 6.02. The topological polar surface area (TPSA) is 76.4 Å². The number of ether oxygens (including phenoxy) is 1. The van der Waals surface area contributed by atoms with Crippen LogP contribution < -0.4 is 5.32 Å². The molecule has 1 aromatic rings. The largest absolute Gasteiger partial charge is 0.447 e. The van der Waals surface area contributed by atoms with Crippen molar-refractivity contribution in [2.45, 2.75) is 19.5 Å². The van der Waals surface area contributed by atoms with Crippen LogP contribution in [0.15, 0.2) is 18.7 Å². The van der Waals surface area contributed by atoms with E-state index in [1.807, 2.05) is 17.7 Å². The number of hydrogen-bond acceptors (Lipinski definition) is 4. The van der Waals surface area contributed by atoms with E-state index in [4.69, 9.17) is 5.11 Å². The predicted molar refractivity (Wildman–Crippen MR) is 53.3 cm³/mol. The van der Waals surface area contributed by atoms with Gasteiger partial charge in [-0.15, -0.1) is 0 Å². The van der Waals surface area contributed by atoms with Gasteiger partial charge in [-0.25, -0.2) is 9.78 Å². The molecule has 1 unspecified atom stereocenters. The molecule has 2 N–H and O–H groups in total. The highest BCUT2D eigenvalue weighted by atomic mass is 16.6. The van der Waals surface area contributed by atoms with Gasteiger partial charge >= 0.3 is 6.09 Å². The van der Waals surface area contributed by atoms with Gasteiger partial charge in [0.05, 0.1) is 12.9 Å². The van der Waals surface area contributed by atoms with Gasteiger partial charge in [-0.1, -0.05) is 0 Å². The fourth-order valence-electron chi connectivity index (χ4n) is 1.14. The molecule has 84 valence electrons. The lowest BCUT2D eigenvalue weighted by Gasteiger charge is -2.13. The van der Waals surface area contributed by atoms with Crippen molar-refractivity contribution >= 4 is 6.09 Å². The van der Waals surface area contributed by atoms with Crippen molar-refractivity contribution in [1.82, 2.24) is 14.9 Å². The Labute approximate surface area is 87.9 Å². The zero-order chi connectivity index (χ0) is 11.1. The second-order valence-electron chi connectivity index (χ2n) is 3.16. The van der Waals surface area contributed by atoms with Gasteiger partial charge in [-0.3, -0.25) is 0 Å². The minimum Gasteiger partial charge on any atom is -0.447 e. The number of carbonyl (C=O) groups excluding carboxylic acids is 1. The van der Waals surface area contributed by atoms with Crippen LogP contribution in [0.2, 0.25) is 0 Å². The number of alkyl carbamates (subject to hydrolysis) is 1. The lowest BCUT2D eigenvalue weighted by Crippen LogP contribution is -2.36. The zero-order valence-corrected chi connectivity index (χ0v) is 8.59. The van der Waals surface area contributed by atoms with Crippen LogP contribution in [0, 0.1) is 0 Å². The molecular weight excluding hydrogens is 198 g/mol. The second-order valence-corrected chi connectivity index (χ2v) is 3.16. The summed E-state index contributed by atoms with van der Waals surface area (Å²) < 4.78 is 6.51. The zero-order valence-electron chi connectivity index (χ0n) is 8.59. The van der Waals surface area contributed by atoms with Crippen molar-refractivity contribution in [3.05, 3.63) is 18.7 Å². The molecule has 1 heterocycles. The molecule has 6 heteroatoms. The minimum absolute atomic E-state index is 0.0175. The van der Waals surface area contributed by atoms with Crippen LogP contribution in [0.1, 0.15) is 6.92 Å². The predicted octanol–water partition coefficient (Wildman–Crippen LogP) is -0.00990. The van der Waals surface area contributed by atoms with E-state index in [9.17, 15) is 4.79 Å². The van der Waals surface area contributed by atoms with E-state index < -0.39 is 6.09 Å². The Morgan fingerprint density at radius 1 is 1.73 bits per heavy atom. The van der Waals surface area contributed by atoms with Gasteiger partial charge in [0.1, 0.15) is 6.61 Å². The fourth-order valence-corrected chi connectivity index (χ4v) is 1.14. The lowest BCUT2D eigenvalue weighted by molar-refractivity contribution is 0.116. The van der Waals surface area contributed by atoms with Gasteiger partial charge in [0, 0.05) is 25.0 Å². The average molecular weight is 213 g/mol. The summed E-state index contributed by atoms with van der Waals surface area (Å²) in [6.45, 7) is 2.35. The van der Waals surface area contributed by atoms with Crippen LogP contribution in [0.5, 0.6) is 0 Å². The molecule has 6 nitrogen and oxygen atoms in total. The van der Waals surface area contributed by atoms with E-state index in [0.717, 1.165) is 0 Å². The Kier molecular flexibility index (Phi) is 4.62. The number of nitrogens with one attached hydrogen (secondary N) is 1. The minimum atomic E-state index is -0.517. The molecule has 1 amide bonds. The first kappa shape index (κ1) is 11.5. The number of carbonyl (C=O) groups is 1. The number of aromatic nitrogens is 2. The normalized spacial score (nSPS) is 12.1. The maximum absolute atomic E-state index is 11.1. The maximum Gasteiger partial charge on any atom is 0.407 e. The molecule has 0 fully saturated rings. The molecule has 1 aromatic heterocycles. The number of aliphatic hydroxyl groups excluding tert-OH is 1. The number of aliphatic hydroxyl groups is 1. The molecule has 15 heavy (non-hydrogen) atoms. The molecule has 0 saturated heterocycles. The third kappa shape index (κ3) is 4.46. The Balaban J connectivity index is 2.23. The highest BCUT2D eigenvalue weighted by Crippen LogP contribution is 1.92. The Morgan fingerprint density at radius 3 is 3.13 bits per heavy atom. The molecule has 0 aliphatic heterocycles. The summed E-state index contributed by atoms with van der Waals surface area (Å²) in [7, 11) is 0. The van der Waals surface area contributed by atoms with Crippen molar-refractivity contribution in [3.8, 4) is 0 Å². The number of rotatable bonds is 5. The lowest BCUT2D eigenvalue weighted by atomic mass is 10.3. The SMILES string of the molecule is CC(Cn1ccnc1)NC(=O)OCCO. The third-order valence-electron chi connectivity index (χ3n) is 1.73. The summed E-state index contributed by atoms with van der Waals surface area (Å²) in [5, 5.41) is 11.1. The van der Waals surface area contributed by atoms with Crippen LogP contribution in [0.3, 0.4) is 0 Å². The molecule has 0 aliphatic rings. The number of imidazole rings is 1. The first-order valence-electron chi connectivity index (χ1n) is 4.72. The third-order valence-corrected chi connectivity index (χ3v) is 1.73. The average Bonchev–Trinajstić information content (AvgIpc) is 2.67. The quantitative estimate of drug-likeness (QED) is 0.721. The molecule has 1 rings (SSSR count). The summed E-state index contributed by atoms with van der Waals surface area (Å²) >= 11 is 0. The molecule has 0 radical (unpaired) electrons. The van der Waals surface area contributed by atoms with E-state index in [2.05, 4.69) is 15.0 Å². The Bertz CT molecular complexity index is 287. The smallest absolute Gasteiger partial charge is 0.407 e. The van der Waals surface area contributed by atoms with Crippen LogP contribution in [-0.2, 0) is 11.3 Å². The molecule has 0 saturated carbocycles. The summed E-state index contributed by atoms with van der Waals surface area (Å²) in [6, 6.07) is -0.0506. The summed E-state index contributed by atoms with van der Waals surface area (Å²) in [6.07, 6.45) is 4.65. The van der Waals surface area contributed by atoms with Gasteiger partial charge in [0.25, 0.3) is 0 Å². The number of amides is 1. The molecule has 0 bridgehead atoms. The monoisotopic (exact) mass is 213 g/mol. The van der Waals surface area contributed by atoms with Crippen LogP contribution in [0.25, 0.3) is 0 Å². The van der Waals surface area contributed by atoms with Gasteiger partial charge in [0.2, 0.25) is 0 Å². The number of hydrogen-bond donors (Lipinski definition) is 2. The first-order chi connectivity index (χ1) is 7.22. The van der Waals surface area contributed by atoms with E-state index in [-0.39, 0.29) is 19.3 Å². The maximum atomic E-state index is 11.1. The summed E-state index contributed by atoms with van der Waals surface area (Å²) in [4.78, 5) is 15.0. The van der Waals surface area contributed by atoms with E-state index in [0.29, 0.717) is 6.54 Å². The molecule has 0 aromatic carbocycles. The number of nitrogens with zero attached hydrogens (tertiary/aromatic N) is 2. The van der Waals surface area contributed by atoms with E-state index in [1.165, 1.54) is 0 Å².